The number of carbonyl (C=O) groups excluding carboxylic acids is 1. The number of carbonyl (C=O) groups is 1. The van der Waals surface area contributed by atoms with Crippen molar-refractivity contribution in [2.45, 2.75) is 18.7 Å². The van der Waals surface area contributed by atoms with E-state index in [0.29, 0.717) is 24.7 Å². The number of benzene rings is 1. The van der Waals surface area contributed by atoms with E-state index in [1.54, 1.807) is 17.0 Å². The van der Waals surface area contributed by atoms with Crippen LogP contribution in [0.15, 0.2) is 24.3 Å². The van der Waals surface area contributed by atoms with E-state index in [1.807, 2.05) is 12.1 Å². The average molecular weight is 345 g/mol. The van der Waals surface area contributed by atoms with Crippen LogP contribution >= 0.6 is 11.6 Å². The zero-order chi connectivity index (χ0) is 15.7. The molecule has 0 saturated carbocycles. The standard InChI is InChI=1S/C14H17ClN2O4S/c15-11-3-1-2-10(6-11)7-16-14(18)17-4-5-21-13-9-22(19,20)8-12(13)17/h1-3,6,12-13H,4-5,7-9H2,(H,16,18). The lowest BCUT2D eigenvalue weighted by Gasteiger charge is -2.36. The van der Waals surface area contributed by atoms with Crippen LogP contribution in [0.4, 0.5) is 4.79 Å². The smallest absolute Gasteiger partial charge is 0.318 e. The summed E-state index contributed by atoms with van der Waals surface area (Å²) in [4.78, 5) is 13.9. The highest BCUT2D eigenvalue weighted by molar-refractivity contribution is 7.91. The van der Waals surface area contributed by atoms with Gasteiger partial charge in [-0.2, -0.15) is 0 Å². The first-order chi connectivity index (χ1) is 10.4. The monoisotopic (exact) mass is 344 g/mol. The molecule has 120 valence electrons. The third-order valence-corrected chi connectivity index (χ3v) is 5.85. The molecule has 0 aliphatic carbocycles. The summed E-state index contributed by atoms with van der Waals surface area (Å²) in [5.41, 5.74) is 0.893. The fraction of sp³-hybridized carbons (Fsp3) is 0.500. The Morgan fingerprint density at radius 2 is 2.23 bits per heavy atom. The van der Waals surface area contributed by atoms with Crippen molar-refractivity contribution in [2.75, 3.05) is 24.7 Å². The molecule has 0 aromatic heterocycles. The van der Waals surface area contributed by atoms with Crippen LogP contribution in [-0.2, 0) is 21.1 Å². The van der Waals surface area contributed by atoms with E-state index in [2.05, 4.69) is 5.32 Å². The van der Waals surface area contributed by atoms with E-state index in [1.165, 1.54) is 0 Å². The number of nitrogens with zero attached hydrogens (tertiary/aromatic N) is 1. The zero-order valence-electron chi connectivity index (χ0n) is 11.9. The maximum absolute atomic E-state index is 12.3. The molecule has 22 heavy (non-hydrogen) atoms. The Morgan fingerprint density at radius 3 is 3.00 bits per heavy atom. The van der Waals surface area contributed by atoms with Crippen LogP contribution in [0, 0.1) is 0 Å². The summed E-state index contributed by atoms with van der Waals surface area (Å²) in [6.07, 6.45) is -0.407. The fourth-order valence-electron chi connectivity index (χ4n) is 2.89. The average Bonchev–Trinajstić information content (AvgIpc) is 2.78. The molecule has 2 amide bonds. The molecule has 2 unspecified atom stereocenters. The van der Waals surface area contributed by atoms with Gasteiger partial charge in [0.15, 0.2) is 9.84 Å². The summed E-state index contributed by atoms with van der Waals surface area (Å²) in [5, 5.41) is 3.43. The van der Waals surface area contributed by atoms with Gasteiger partial charge in [-0.1, -0.05) is 23.7 Å². The molecule has 2 fully saturated rings. The minimum atomic E-state index is -3.13. The molecule has 2 saturated heterocycles. The van der Waals surface area contributed by atoms with Gasteiger partial charge in [-0.05, 0) is 17.7 Å². The number of ether oxygens (including phenoxy) is 1. The van der Waals surface area contributed by atoms with Crippen LogP contribution in [0.25, 0.3) is 0 Å². The maximum atomic E-state index is 12.3. The van der Waals surface area contributed by atoms with Gasteiger partial charge < -0.3 is 15.0 Å². The Bertz CT molecular complexity index is 679. The topological polar surface area (TPSA) is 75.7 Å². The van der Waals surface area contributed by atoms with Gasteiger partial charge in [-0.15, -0.1) is 0 Å². The van der Waals surface area contributed by atoms with Gasteiger partial charge in [-0.3, -0.25) is 0 Å². The molecule has 2 aliphatic heterocycles. The molecule has 1 aromatic rings. The van der Waals surface area contributed by atoms with Crippen LogP contribution in [0.5, 0.6) is 0 Å². The van der Waals surface area contributed by atoms with Crippen molar-refractivity contribution in [2.24, 2.45) is 0 Å². The SMILES string of the molecule is O=C(NCc1cccc(Cl)c1)N1CCOC2CS(=O)(=O)CC21. The van der Waals surface area contributed by atoms with Crippen molar-refractivity contribution >= 4 is 27.5 Å². The van der Waals surface area contributed by atoms with Crippen molar-refractivity contribution in [1.29, 1.82) is 0 Å². The first kappa shape index (κ1) is 15.6. The molecule has 0 bridgehead atoms. The predicted molar refractivity (Wildman–Crippen MR) is 82.6 cm³/mol. The lowest BCUT2D eigenvalue weighted by atomic mass is 10.1. The van der Waals surface area contributed by atoms with Crippen molar-refractivity contribution < 1.29 is 17.9 Å². The zero-order valence-corrected chi connectivity index (χ0v) is 13.4. The predicted octanol–water partition coefficient (Wildman–Crippen LogP) is 1.05. The minimum absolute atomic E-state index is 0.00423. The molecule has 0 radical (unpaired) electrons. The first-order valence-electron chi connectivity index (χ1n) is 7.05. The summed E-state index contributed by atoms with van der Waals surface area (Å²) in [6.45, 7) is 1.11. The highest BCUT2D eigenvalue weighted by atomic mass is 35.5. The molecular weight excluding hydrogens is 328 g/mol. The molecule has 2 atom stereocenters. The highest BCUT2D eigenvalue weighted by Crippen LogP contribution is 2.24. The Kier molecular flexibility index (Phi) is 4.29. The van der Waals surface area contributed by atoms with Gasteiger partial charge in [0, 0.05) is 18.1 Å². The summed E-state index contributed by atoms with van der Waals surface area (Å²) in [7, 11) is -3.13. The molecule has 2 aliphatic rings. The molecule has 6 nitrogen and oxygen atoms in total. The van der Waals surface area contributed by atoms with Crippen LogP contribution < -0.4 is 5.32 Å². The lowest BCUT2D eigenvalue weighted by Crippen LogP contribution is -2.56. The number of urea groups is 1. The van der Waals surface area contributed by atoms with E-state index < -0.39 is 22.0 Å². The first-order valence-corrected chi connectivity index (χ1v) is 9.25. The van der Waals surface area contributed by atoms with E-state index in [4.69, 9.17) is 16.3 Å². The number of fused-ring (bicyclic) bond motifs is 1. The second-order valence-electron chi connectivity index (χ2n) is 5.54. The number of rotatable bonds is 2. The minimum Gasteiger partial charge on any atom is -0.373 e. The van der Waals surface area contributed by atoms with Gasteiger partial charge >= 0.3 is 6.03 Å². The molecule has 0 spiro atoms. The van der Waals surface area contributed by atoms with Crippen LogP contribution in [0.3, 0.4) is 0 Å². The Balaban J connectivity index is 1.64. The maximum Gasteiger partial charge on any atom is 0.318 e. The molecule has 3 rings (SSSR count). The van der Waals surface area contributed by atoms with Crippen molar-refractivity contribution in [3.05, 3.63) is 34.9 Å². The molecular formula is C14H17ClN2O4S. The van der Waals surface area contributed by atoms with Gasteiger partial charge in [0.25, 0.3) is 0 Å². The number of sulfone groups is 1. The molecule has 1 aromatic carbocycles. The van der Waals surface area contributed by atoms with E-state index >= 15 is 0 Å². The summed E-state index contributed by atoms with van der Waals surface area (Å²) in [6, 6.07) is 6.58. The number of amides is 2. The largest absolute Gasteiger partial charge is 0.373 e. The summed E-state index contributed by atoms with van der Waals surface area (Å²) >= 11 is 5.91. The second-order valence-corrected chi connectivity index (χ2v) is 8.13. The van der Waals surface area contributed by atoms with Crippen molar-refractivity contribution in [1.82, 2.24) is 10.2 Å². The van der Waals surface area contributed by atoms with Crippen molar-refractivity contribution in [3.8, 4) is 0 Å². The second kappa shape index (κ2) is 6.06. The van der Waals surface area contributed by atoms with Crippen LogP contribution in [0.1, 0.15) is 5.56 Å². The number of nitrogens with one attached hydrogen (secondary N) is 1. The van der Waals surface area contributed by atoms with E-state index in [0.717, 1.165) is 5.56 Å². The van der Waals surface area contributed by atoms with Gasteiger partial charge in [0.05, 0.1) is 30.3 Å². The van der Waals surface area contributed by atoms with Gasteiger partial charge in [0.1, 0.15) is 0 Å². The summed E-state index contributed by atoms with van der Waals surface area (Å²) in [5.74, 6) is -0.0298. The normalized spacial score (nSPS) is 26.5. The molecule has 8 heteroatoms. The third-order valence-electron chi connectivity index (χ3n) is 3.93. The van der Waals surface area contributed by atoms with Crippen LogP contribution in [0.2, 0.25) is 5.02 Å². The highest BCUT2D eigenvalue weighted by Gasteiger charge is 2.45. The Morgan fingerprint density at radius 1 is 1.41 bits per heavy atom. The molecule has 1 N–H and O–H groups in total. The van der Waals surface area contributed by atoms with Crippen LogP contribution in [-0.4, -0.2) is 56.2 Å². The van der Waals surface area contributed by atoms with Gasteiger partial charge in [-0.25, -0.2) is 13.2 Å². The van der Waals surface area contributed by atoms with E-state index in [-0.39, 0.29) is 17.5 Å². The number of hydrogen-bond donors (Lipinski definition) is 1. The number of hydrogen-bond acceptors (Lipinski definition) is 4. The molecule has 2 heterocycles. The number of halogens is 1. The third kappa shape index (κ3) is 3.37. The Hall–Kier alpha value is -1.31. The quantitative estimate of drug-likeness (QED) is 0.870. The summed E-state index contributed by atoms with van der Waals surface area (Å²) < 4.78 is 28.9. The van der Waals surface area contributed by atoms with E-state index in [9.17, 15) is 13.2 Å². The lowest BCUT2D eigenvalue weighted by molar-refractivity contribution is -0.0289. The van der Waals surface area contributed by atoms with Gasteiger partial charge in [0.2, 0.25) is 0 Å². The number of morpholine rings is 1. The fourth-order valence-corrected chi connectivity index (χ4v) is 4.98. The Labute approximate surface area is 134 Å². The van der Waals surface area contributed by atoms with Crippen molar-refractivity contribution in [3.63, 3.8) is 0 Å².